The van der Waals surface area contributed by atoms with Crippen molar-refractivity contribution in [2.24, 2.45) is 0 Å². The third kappa shape index (κ3) is 3.91. The first-order valence-electron chi connectivity index (χ1n) is 5.12. The number of hydrogen-bond donors (Lipinski definition) is 0. The fourth-order valence-electron chi connectivity index (χ4n) is 1.81. The molecule has 6 heteroatoms. The number of rotatable bonds is 2. The summed E-state index contributed by atoms with van der Waals surface area (Å²) in [5.74, 6) is 0. The van der Waals surface area contributed by atoms with Crippen LogP contribution in [0, 0.1) is 35.6 Å². The second-order valence-electron chi connectivity index (χ2n) is 3.65. The van der Waals surface area contributed by atoms with E-state index in [4.69, 9.17) is 4.74 Å². The summed E-state index contributed by atoms with van der Waals surface area (Å²) >= 11 is 0. The van der Waals surface area contributed by atoms with Crippen LogP contribution in [-0.4, -0.2) is 10.7 Å². The second kappa shape index (κ2) is 7.31. The van der Waals surface area contributed by atoms with Gasteiger partial charge in [0.15, 0.2) is 11.2 Å². The van der Waals surface area contributed by atoms with E-state index >= 15 is 0 Å². The van der Waals surface area contributed by atoms with Crippen molar-refractivity contribution in [3.63, 3.8) is 0 Å². The predicted molar refractivity (Wildman–Crippen MR) is 60.5 cm³/mol. The molecule has 17 heavy (non-hydrogen) atoms. The molecule has 2 rings (SSSR count). The van der Waals surface area contributed by atoms with Crippen LogP contribution in [0.15, 0.2) is 21.9 Å². The van der Waals surface area contributed by atoms with Crippen molar-refractivity contribution >= 4 is 0 Å². The van der Waals surface area contributed by atoms with Crippen LogP contribution in [0.2, 0.25) is 0 Å². The minimum atomic E-state index is -0.524. The van der Waals surface area contributed by atoms with Crippen molar-refractivity contribution in [1.82, 2.24) is 9.55 Å². The molecule has 0 bridgehead atoms. The molecule has 2 atom stereocenters. The monoisotopic (exact) mass is 364 g/mol. The molecule has 2 unspecified atom stereocenters. The van der Waals surface area contributed by atoms with Crippen LogP contribution >= 0.6 is 0 Å². The van der Waals surface area contributed by atoms with Crippen LogP contribution < -0.4 is 16.2 Å². The Labute approximate surface area is 128 Å². The van der Waals surface area contributed by atoms with Gasteiger partial charge in [0.25, 0.3) is 0 Å². The third-order valence-electron chi connectivity index (χ3n) is 2.66. The molecule has 1 saturated heterocycles. The molecule has 0 saturated carbocycles. The standard InChI is InChI=1S/C10H14N2O3.CH4.La/c1-2-7-3-4-9(15-7)12-6-5-8(13)11-10(12)14;;/h5-7,9H,2-4H2,1H3,(H,11,13,14);1H4;/p-1. The summed E-state index contributed by atoms with van der Waals surface area (Å²) in [6.45, 7) is 2.05. The molecular formula is C11H17LaN2O3-. The van der Waals surface area contributed by atoms with Gasteiger partial charge >= 0.3 is 0 Å². The first-order chi connectivity index (χ1) is 7.20. The topological polar surface area (TPSA) is 62.4 Å². The van der Waals surface area contributed by atoms with Gasteiger partial charge in [-0.1, -0.05) is 20.5 Å². The molecule has 0 N–H and O–H groups in total. The molecule has 1 radical (unpaired) electrons. The van der Waals surface area contributed by atoms with Gasteiger partial charge in [-0.05, 0) is 25.3 Å². The summed E-state index contributed by atoms with van der Waals surface area (Å²) in [6, 6.07) is 1.28. The SMILES string of the molecule is C.CCC1CCC(n2ccc(=O)[n-]c2=O)O1.[La]. The zero-order valence-electron chi connectivity index (χ0n) is 9.13. The van der Waals surface area contributed by atoms with Crippen LogP contribution in [-0.2, 0) is 4.74 Å². The van der Waals surface area contributed by atoms with E-state index in [0.29, 0.717) is 0 Å². The van der Waals surface area contributed by atoms with Gasteiger partial charge in [-0.2, -0.15) is 0 Å². The molecule has 1 aliphatic heterocycles. The number of aromatic nitrogens is 2. The fraction of sp³-hybridized carbons (Fsp3) is 0.636. The van der Waals surface area contributed by atoms with Crippen LogP contribution in [0.4, 0.5) is 0 Å². The first kappa shape index (κ1) is 16.8. The van der Waals surface area contributed by atoms with E-state index in [-0.39, 0.29) is 55.4 Å². The van der Waals surface area contributed by atoms with Gasteiger partial charge in [0, 0.05) is 35.6 Å². The van der Waals surface area contributed by atoms with Gasteiger partial charge in [-0.15, -0.1) is 0 Å². The maximum atomic E-state index is 11.4. The van der Waals surface area contributed by atoms with Crippen molar-refractivity contribution in [3.05, 3.63) is 33.1 Å². The van der Waals surface area contributed by atoms with E-state index in [0.717, 1.165) is 19.3 Å². The van der Waals surface area contributed by atoms with E-state index < -0.39 is 11.2 Å². The van der Waals surface area contributed by atoms with E-state index in [9.17, 15) is 9.59 Å². The summed E-state index contributed by atoms with van der Waals surface area (Å²) < 4.78 is 7.02. The van der Waals surface area contributed by atoms with Crippen molar-refractivity contribution in [3.8, 4) is 0 Å². The Kier molecular flexibility index (Phi) is 7.24. The second-order valence-corrected chi connectivity index (χ2v) is 3.65. The van der Waals surface area contributed by atoms with E-state index in [1.165, 1.54) is 16.8 Å². The maximum Gasteiger partial charge on any atom is 0.173 e. The number of hydrogen-bond acceptors (Lipinski definition) is 3. The number of nitrogens with zero attached hydrogens (tertiary/aromatic N) is 2. The van der Waals surface area contributed by atoms with Crippen LogP contribution in [0.25, 0.3) is 0 Å². The average molecular weight is 364 g/mol. The molecule has 1 aromatic heterocycles. The summed E-state index contributed by atoms with van der Waals surface area (Å²) in [5.41, 5.74) is -1.02. The maximum absolute atomic E-state index is 11.4. The minimum absolute atomic E-state index is 0. The van der Waals surface area contributed by atoms with Gasteiger partial charge in [0.05, 0.1) is 12.3 Å². The molecule has 0 spiro atoms. The summed E-state index contributed by atoms with van der Waals surface area (Å²) in [7, 11) is 0. The zero-order chi connectivity index (χ0) is 10.8. The largest absolute Gasteiger partial charge is 0.391 e. The summed E-state index contributed by atoms with van der Waals surface area (Å²) in [4.78, 5) is 25.5. The van der Waals surface area contributed by atoms with E-state index in [1.807, 2.05) is 0 Å². The average Bonchev–Trinajstić information content (AvgIpc) is 2.66. The molecule has 0 aliphatic carbocycles. The zero-order valence-corrected chi connectivity index (χ0v) is 12.8. The Hall–Kier alpha value is -0.165. The summed E-state index contributed by atoms with van der Waals surface area (Å²) in [5, 5.41) is 0. The van der Waals surface area contributed by atoms with Crippen molar-refractivity contribution < 1.29 is 40.3 Å². The van der Waals surface area contributed by atoms with Crippen molar-refractivity contribution in [1.29, 1.82) is 0 Å². The third-order valence-corrected chi connectivity index (χ3v) is 2.66. The smallest absolute Gasteiger partial charge is 0.173 e. The molecule has 1 aliphatic rings. The van der Waals surface area contributed by atoms with Crippen LogP contribution in [0.1, 0.15) is 39.8 Å². The van der Waals surface area contributed by atoms with Crippen LogP contribution in [0.5, 0.6) is 0 Å². The Bertz CT molecular complexity index is 455. The Morgan fingerprint density at radius 3 is 2.71 bits per heavy atom. The van der Waals surface area contributed by atoms with Gasteiger partial charge in [-0.3, -0.25) is 9.59 Å². The first-order valence-corrected chi connectivity index (χ1v) is 5.12. The quantitative estimate of drug-likeness (QED) is 0.782. The molecular weight excluding hydrogens is 347 g/mol. The minimum Gasteiger partial charge on any atom is -0.391 e. The Balaban J connectivity index is 0.00000128. The van der Waals surface area contributed by atoms with Crippen molar-refractivity contribution in [2.45, 2.75) is 45.9 Å². The summed E-state index contributed by atoms with van der Waals surface area (Å²) in [6.07, 6.45) is 4.12. The van der Waals surface area contributed by atoms with Gasteiger partial charge in [-0.25, -0.2) is 0 Å². The van der Waals surface area contributed by atoms with Gasteiger partial charge in [0.1, 0.15) is 0 Å². The number of ether oxygens (including phenoxy) is 1. The molecule has 93 valence electrons. The normalized spacial score (nSPS) is 22.6. The van der Waals surface area contributed by atoms with E-state index in [1.54, 1.807) is 0 Å². The predicted octanol–water partition coefficient (Wildman–Crippen LogP) is 0.889. The van der Waals surface area contributed by atoms with E-state index in [2.05, 4.69) is 11.9 Å². The fourth-order valence-corrected chi connectivity index (χ4v) is 1.81. The molecule has 1 aromatic rings. The van der Waals surface area contributed by atoms with Gasteiger partial charge in [0.2, 0.25) is 0 Å². The molecule has 1 fully saturated rings. The Morgan fingerprint density at radius 1 is 1.47 bits per heavy atom. The molecule has 0 amide bonds. The molecule has 0 aromatic carbocycles. The molecule has 2 heterocycles. The Morgan fingerprint density at radius 2 is 2.18 bits per heavy atom. The molecule has 5 nitrogen and oxygen atoms in total. The van der Waals surface area contributed by atoms with Gasteiger partial charge < -0.3 is 14.3 Å². The van der Waals surface area contributed by atoms with Crippen LogP contribution in [0.3, 0.4) is 0 Å². The van der Waals surface area contributed by atoms with Crippen molar-refractivity contribution in [2.75, 3.05) is 0 Å².